The SMILES string of the molecule is CC(C)CCc1cc(O)cc(O)c1C(=O)c1c(O)cc(O)cc1Cc1cc(O)cc(=O)o1. The van der Waals surface area contributed by atoms with E-state index in [9.17, 15) is 35.1 Å². The molecule has 1 heterocycles. The lowest BCUT2D eigenvalue weighted by Crippen LogP contribution is -2.11. The molecule has 0 unspecified atom stereocenters. The second-order valence-corrected chi connectivity index (χ2v) is 8.04. The van der Waals surface area contributed by atoms with Crippen LogP contribution >= 0.6 is 0 Å². The molecule has 1 aromatic heterocycles. The van der Waals surface area contributed by atoms with Crippen LogP contribution in [0, 0.1) is 5.92 Å². The molecule has 0 fully saturated rings. The number of carbonyl (C=O) groups excluding carboxylic acids is 1. The Balaban J connectivity index is 2.14. The molecule has 0 saturated carbocycles. The van der Waals surface area contributed by atoms with Crippen LogP contribution in [0.4, 0.5) is 0 Å². The summed E-state index contributed by atoms with van der Waals surface area (Å²) >= 11 is 0. The van der Waals surface area contributed by atoms with Gasteiger partial charge in [0.2, 0.25) is 5.78 Å². The van der Waals surface area contributed by atoms with Gasteiger partial charge in [-0.15, -0.1) is 0 Å². The van der Waals surface area contributed by atoms with Crippen LogP contribution in [0.1, 0.15) is 53.1 Å². The maximum Gasteiger partial charge on any atom is 0.339 e. The van der Waals surface area contributed by atoms with E-state index in [2.05, 4.69) is 0 Å². The Kier molecular flexibility index (Phi) is 6.43. The summed E-state index contributed by atoms with van der Waals surface area (Å²) in [4.78, 5) is 25.1. The standard InChI is InChI=1S/C24H24O8/c1-12(2)3-4-13-5-15(25)9-19(28)22(13)24(31)23-14(6-16(26)10-20(23)29)7-18-8-17(27)11-21(30)32-18/h5-6,8-12,25-29H,3-4,7H2,1-2H3. The highest BCUT2D eigenvalue weighted by Crippen LogP contribution is 2.36. The predicted molar refractivity (Wildman–Crippen MR) is 116 cm³/mol. The van der Waals surface area contributed by atoms with Crippen molar-refractivity contribution in [3.8, 4) is 28.7 Å². The number of phenols is 4. The molecule has 0 aliphatic heterocycles. The van der Waals surface area contributed by atoms with Crippen molar-refractivity contribution in [1.29, 1.82) is 0 Å². The molecule has 3 rings (SSSR count). The Labute approximate surface area is 183 Å². The second-order valence-electron chi connectivity index (χ2n) is 8.04. The van der Waals surface area contributed by atoms with E-state index >= 15 is 0 Å². The molecule has 3 aromatic rings. The van der Waals surface area contributed by atoms with Gasteiger partial charge in [0.15, 0.2) is 0 Å². The molecular weight excluding hydrogens is 416 g/mol. The molecule has 0 amide bonds. The van der Waals surface area contributed by atoms with Crippen molar-refractivity contribution in [1.82, 2.24) is 0 Å². The predicted octanol–water partition coefficient (Wildman–Crippen LogP) is 3.58. The third-order valence-electron chi connectivity index (χ3n) is 4.98. The average Bonchev–Trinajstić information content (AvgIpc) is 2.64. The van der Waals surface area contributed by atoms with Crippen LogP contribution in [0.5, 0.6) is 28.7 Å². The first-order valence-corrected chi connectivity index (χ1v) is 10.0. The summed E-state index contributed by atoms with van der Waals surface area (Å²) < 4.78 is 5.04. The van der Waals surface area contributed by atoms with E-state index in [1.54, 1.807) is 0 Å². The maximum atomic E-state index is 13.5. The van der Waals surface area contributed by atoms with Gasteiger partial charge in [0.05, 0.1) is 17.2 Å². The van der Waals surface area contributed by atoms with Crippen molar-refractivity contribution in [3.63, 3.8) is 0 Å². The smallest absolute Gasteiger partial charge is 0.339 e. The van der Waals surface area contributed by atoms with Crippen LogP contribution < -0.4 is 5.63 Å². The summed E-state index contributed by atoms with van der Waals surface area (Å²) in [6.45, 7) is 3.99. The summed E-state index contributed by atoms with van der Waals surface area (Å²) in [7, 11) is 0. The van der Waals surface area contributed by atoms with Crippen molar-refractivity contribution >= 4 is 5.78 Å². The third kappa shape index (κ3) is 5.03. The minimum atomic E-state index is -0.801. The number of aryl methyl sites for hydroxylation is 1. The van der Waals surface area contributed by atoms with Gasteiger partial charge in [-0.3, -0.25) is 4.79 Å². The van der Waals surface area contributed by atoms with Crippen molar-refractivity contribution < 1.29 is 34.7 Å². The van der Waals surface area contributed by atoms with Gasteiger partial charge < -0.3 is 29.9 Å². The fourth-order valence-corrected chi connectivity index (χ4v) is 3.56. The van der Waals surface area contributed by atoms with Crippen LogP contribution in [0.15, 0.2) is 45.6 Å². The zero-order valence-corrected chi connectivity index (χ0v) is 17.6. The van der Waals surface area contributed by atoms with Crippen molar-refractivity contribution in [2.45, 2.75) is 33.1 Å². The number of phenolic OH excluding ortho intramolecular Hbond substituents is 4. The fraction of sp³-hybridized carbons (Fsp3) is 0.250. The molecule has 8 nitrogen and oxygen atoms in total. The molecule has 32 heavy (non-hydrogen) atoms. The van der Waals surface area contributed by atoms with Gasteiger partial charge in [0.25, 0.3) is 0 Å². The molecule has 0 bridgehead atoms. The van der Waals surface area contributed by atoms with Gasteiger partial charge in [0, 0.05) is 24.6 Å². The number of ketones is 1. The topological polar surface area (TPSA) is 148 Å². The van der Waals surface area contributed by atoms with Gasteiger partial charge in [-0.25, -0.2) is 4.79 Å². The monoisotopic (exact) mass is 440 g/mol. The number of hydrogen-bond donors (Lipinski definition) is 5. The third-order valence-corrected chi connectivity index (χ3v) is 4.98. The summed E-state index contributed by atoms with van der Waals surface area (Å²) in [6.07, 6.45) is 0.884. The van der Waals surface area contributed by atoms with Crippen LogP contribution in [-0.2, 0) is 12.8 Å². The van der Waals surface area contributed by atoms with E-state index in [1.807, 2.05) is 13.8 Å². The average molecular weight is 440 g/mol. The van der Waals surface area contributed by atoms with Crippen molar-refractivity contribution in [2.75, 3.05) is 0 Å². The van der Waals surface area contributed by atoms with Gasteiger partial charge in [-0.05, 0) is 42.0 Å². The van der Waals surface area contributed by atoms with Crippen LogP contribution in [0.3, 0.4) is 0 Å². The molecule has 0 atom stereocenters. The lowest BCUT2D eigenvalue weighted by atomic mass is 9.89. The molecule has 0 saturated heterocycles. The first kappa shape index (κ1) is 22.7. The second kappa shape index (κ2) is 9.05. The fourth-order valence-electron chi connectivity index (χ4n) is 3.56. The van der Waals surface area contributed by atoms with Crippen LogP contribution in [-0.4, -0.2) is 31.3 Å². The summed E-state index contributed by atoms with van der Waals surface area (Å²) in [5, 5.41) is 50.5. The maximum absolute atomic E-state index is 13.5. The van der Waals surface area contributed by atoms with E-state index in [1.165, 1.54) is 18.2 Å². The van der Waals surface area contributed by atoms with Crippen molar-refractivity contribution in [3.05, 3.63) is 74.8 Å². The highest BCUT2D eigenvalue weighted by molar-refractivity contribution is 6.14. The van der Waals surface area contributed by atoms with E-state index in [-0.39, 0.29) is 46.1 Å². The lowest BCUT2D eigenvalue weighted by molar-refractivity contribution is 0.103. The molecular formula is C24H24O8. The molecule has 0 radical (unpaired) electrons. The quantitative estimate of drug-likeness (QED) is 0.350. The molecule has 0 aliphatic rings. The van der Waals surface area contributed by atoms with E-state index in [0.717, 1.165) is 18.2 Å². The number of rotatable bonds is 7. The largest absolute Gasteiger partial charge is 0.508 e. The molecule has 0 spiro atoms. The van der Waals surface area contributed by atoms with Crippen molar-refractivity contribution in [2.24, 2.45) is 5.92 Å². The highest BCUT2D eigenvalue weighted by atomic mass is 16.4. The number of carbonyl (C=O) groups is 1. The van der Waals surface area contributed by atoms with E-state index in [4.69, 9.17) is 4.42 Å². The Hall–Kier alpha value is -3.94. The first-order valence-electron chi connectivity index (χ1n) is 10.0. The van der Waals surface area contributed by atoms with Gasteiger partial charge in [-0.2, -0.15) is 0 Å². The summed E-state index contributed by atoms with van der Waals surface area (Å²) in [5.74, 6) is -2.26. The molecule has 5 N–H and O–H groups in total. The Bertz CT molecular complexity index is 1220. The Morgan fingerprint density at radius 1 is 0.812 bits per heavy atom. The van der Waals surface area contributed by atoms with Crippen LogP contribution in [0.25, 0.3) is 0 Å². The number of benzene rings is 2. The Morgan fingerprint density at radius 3 is 1.91 bits per heavy atom. The summed E-state index contributed by atoms with van der Waals surface area (Å²) in [6, 6.07) is 6.70. The first-order chi connectivity index (χ1) is 15.0. The molecule has 8 heteroatoms. The molecule has 168 valence electrons. The number of aromatic hydroxyl groups is 5. The normalized spacial score (nSPS) is 11.1. The minimum Gasteiger partial charge on any atom is -0.508 e. The van der Waals surface area contributed by atoms with Gasteiger partial charge >= 0.3 is 5.63 Å². The van der Waals surface area contributed by atoms with E-state index < -0.39 is 22.9 Å². The van der Waals surface area contributed by atoms with Gasteiger partial charge in [0.1, 0.15) is 34.5 Å². The zero-order chi connectivity index (χ0) is 23.6. The number of hydrogen-bond acceptors (Lipinski definition) is 8. The Morgan fingerprint density at radius 2 is 1.34 bits per heavy atom. The zero-order valence-electron chi connectivity index (χ0n) is 17.6. The minimum absolute atomic E-state index is 0.00371. The lowest BCUT2D eigenvalue weighted by Gasteiger charge is -2.16. The molecule has 2 aromatic carbocycles. The van der Waals surface area contributed by atoms with Crippen LogP contribution in [0.2, 0.25) is 0 Å². The summed E-state index contributed by atoms with van der Waals surface area (Å²) in [5.41, 5.74) is -0.569. The highest BCUT2D eigenvalue weighted by Gasteiger charge is 2.26. The van der Waals surface area contributed by atoms with Gasteiger partial charge in [-0.1, -0.05) is 13.8 Å². The molecule has 0 aliphatic carbocycles. The van der Waals surface area contributed by atoms with E-state index in [0.29, 0.717) is 24.3 Å².